The molecule has 10 nitrogen and oxygen atoms in total. The van der Waals surface area contributed by atoms with Crippen LogP contribution in [-0.4, -0.2) is 52.7 Å². The van der Waals surface area contributed by atoms with Gasteiger partial charge in [0.25, 0.3) is 11.5 Å². The lowest BCUT2D eigenvalue weighted by atomic mass is 10.1. The van der Waals surface area contributed by atoms with E-state index in [-0.39, 0.29) is 22.9 Å². The van der Waals surface area contributed by atoms with Gasteiger partial charge in [0.2, 0.25) is 5.76 Å². The SMILES string of the molecule is CNc1cc(Nc2cccn(C3CCN(C)CC3)c2=O)nc2c(C(N)=O)onc12. The first-order valence-corrected chi connectivity index (χ1v) is 9.42. The van der Waals surface area contributed by atoms with E-state index in [9.17, 15) is 9.59 Å². The maximum absolute atomic E-state index is 13.0. The van der Waals surface area contributed by atoms with Gasteiger partial charge >= 0.3 is 0 Å². The van der Waals surface area contributed by atoms with Gasteiger partial charge in [-0.15, -0.1) is 0 Å². The molecule has 3 aromatic rings. The Balaban J connectivity index is 1.70. The Kier molecular flexibility index (Phi) is 4.93. The fourth-order valence-corrected chi connectivity index (χ4v) is 3.64. The standard InChI is InChI=1S/C19H23N7O3/c1-21-13-10-14(23-16-15(13)24-29-17(16)18(20)27)22-12-4-3-7-26(19(12)28)11-5-8-25(2)9-6-11/h3-4,7,10-11,21H,5-6,8-9H2,1-2H3,(H2,20,27)(H,22,23). The van der Waals surface area contributed by atoms with E-state index in [2.05, 4.69) is 32.7 Å². The van der Waals surface area contributed by atoms with E-state index < -0.39 is 5.91 Å². The van der Waals surface area contributed by atoms with E-state index in [1.165, 1.54) is 0 Å². The van der Waals surface area contributed by atoms with Gasteiger partial charge in [-0.25, -0.2) is 4.98 Å². The van der Waals surface area contributed by atoms with Crippen LogP contribution in [0.1, 0.15) is 29.4 Å². The van der Waals surface area contributed by atoms with Crippen LogP contribution in [0, 0.1) is 0 Å². The number of piperidine rings is 1. The molecule has 29 heavy (non-hydrogen) atoms. The molecule has 3 aromatic heterocycles. The summed E-state index contributed by atoms with van der Waals surface area (Å²) >= 11 is 0. The second-order valence-electron chi connectivity index (χ2n) is 7.17. The van der Waals surface area contributed by atoms with Crippen molar-refractivity contribution >= 4 is 34.1 Å². The van der Waals surface area contributed by atoms with Crippen molar-refractivity contribution < 1.29 is 9.32 Å². The van der Waals surface area contributed by atoms with Crippen LogP contribution in [0.5, 0.6) is 0 Å². The van der Waals surface area contributed by atoms with Crippen LogP contribution < -0.4 is 21.9 Å². The first kappa shape index (κ1) is 18.9. The predicted molar refractivity (Wildman–Crippen MR) is 110 cm³/mol. The zero-order chi connectivity index (χ0) is 20.5. The highest BCUT2D eigenvalue weighted by atomic mass is 16.5. The highest BCUT2D eigenvalue weighted by Gasteiger charge is 2.21. The van der Waals surface area contributed by atoms with Crippen LogP contribution >= 0.6 is 0 Å². The lowest BCUT2D eigenvalue weighted by Crippen LogP contribution is -2.35. The molecule has 0 saturated carbocycles. The molecule has 4 rings (SSSR count). The Labute approximate surface area is 166 Å². The average molecular weight is 397 g/mol. The third-order valence-electron chi connectivity index (χ3n) is 5.25. The molecule has 1 fully saturated rings. The van der Waals surface area contributed by atoms with Gasteiger partial charge in [-0.05, 0) is 45.1 Å². The molecule has 4 N–H and O–H groups in total. The van der Waals surface area contributed by atoms with Crippen molar-refractivity contribution in [2.24, 2.45) is 5.73 Å². The monoisotopic (exact) mass is 397 g/mol. The summed E-state index contributed by atoms with van der Waals surface area (Å²) in [6, 6.07) is 5.42. The van der Waals surface area contributed by atoms with Gasteiger partial charge in [-0.3, -0.25) is 9.59 Å². The van der Waals surface area contributed by atoms with E-state index in [0.29, 0.717) is 22.7 Å². The van der Waals surface area contributed by atoms with Crippen LogP contribution in [0.2, 0.25) is 0 Å². The van der Waals surface area contributed by atoms with E-state index in [1.807, 2.05) is 12.3 Å². The number of carbonyl (C=O) groups is 1. The molecular formula is C19H23N7O3. The van der Waals surface area contributed by atoms with Gasteiger partial charge in [0.1, 0.15) is 17.0 Å². The molecule has 0 aliphatic carbocycles. The number of nitrogens with two attached hydrogens (primary N) is 1. The number of likely N-dealkylation sites (tertiary alicyclic amines) is 1. The number of fused-ring (bicyclic) bond motifs is 1. The fourth-order valence-electron chi connectivity index (χ4n) is 3.64. The molecule has 1 aliphatic rings. The first-order chi connectivity index (χ1) is 14.0. The summed E-state index contributed by atoms with van der Waals surface area (Å²) in [6.07, 6.45) is 3.68. The number of pyridine rings is 2. The maximum atomic E-state index is 13.0. The van der Waals surface area contributed by atoms with Crippen molar-refractivity contribution in [3.63, 3.8) is 0 Å². The fraction of sp³-hybridized carbons (Fsp3) is 0.368. The molecule has 10 heteroatoms. The summed E-state index contributed by atoms with van der Waals surface area (Å²) < 4.78 is 6.81. The average Bonchev–Trinajstić information content (AvgIpc) is 3.14. The summed E-state index contributed by atoms with van der Waals surface area (Å²) in [5, 5.41) is 9.91. The molecule has 0 radical (unpaired) electrons. The van der Waals surface area contributed by atoms with E-state index in [4.69, 9.17) is 10.3 Å². The summed E-state index contributed by atoms with van der Waals surface area (Å²) in [4.78, 5) is 31.3. The Hall–Kier alpha value is -3.40. The van der Waals surface area contributed by atoms with Crippen molar-refractivity contribution in [2.45, 2.75) is 18.9 Å². The highest BCUT2D eigenvalue weighted by molar-refractivity contribution is 6.04. The van der Waals surface area contributed by atoms with Crippen LogP contribution in [0.4, 0.5) is 17.2 Å². The smallest absolute Gasteiger partial charge is 0.289 e. The van der Waals surface area contributed by atoms with Crippen molar-refractivity contribution in [1.29, 1.82) is 0 Å². The zero-order valence-electron chi connectivity index (χ0n) is 16.3. The van der Waals surface area contributed by atoms with Gasteiger partial charge in [-0.1, -0.05) is 5.16 Å². The molecule has 1 amide bonds. The number of anilines is 3. The number of aromatic nitrogens is 3. The van der Waals surface area contributed by atoms with Crippen LogP contribution in [0.15, 0.2) is 33.7 Å². The van der Waals surface area contributed by atoms with Gasteiger partial charge in [0, 0.05) is 25.4 Å². The van der Waals surface area contributed by atoms with Crippen molar-refractivity contribution in [1.82, 2.24) is 19.6 Å². The van der Waals surface area contributed by atoms with Crippen molar-refractivity contribution in [3.05, 3.63) is 40.5 Å². The number of hydrogen-bond acceptors (Lipinski definition) is 8. The van der Waals surface area contributed by atoms with Gasteiger partial charge in [-0.2, -0.15) is 0 Å². The lowest BCUT2D eigenvalue weighted by molar-refractivity contribution is 0.0967. The molecule has 0 unspecified atom stereocenters. The predicted octanol–water partition coefficient (Wildman–Crippen LogP) is 1.54. The number of primary amides is 1. The van der Waals surface area contributed by atoms with Crippen LogP contribution in [-0.2, 0) is 0 Å². The Bertz CT molecular complexity index is 1110. The Morgan fingerprint density at radius 2 is 2.03 bits per heavy atom. The normalized spacial score (nSPS) is 15.5. The summed E-state index contributed by atoms with van der Waals surface area (Å²) in [5.41, 5.74) is 6.85. The van der Waals surface area contributed by atoms with Crippen molar-refractivity contribution in [2.75, 3.05) is 37.8 Å². The summed E-state index contributed by atoms with van der Waals surface area (Å²) in [6.45, 7) is 1.92. The van der Waals surface area contributed by atoms with Gasteiger partial charge in [0.05, 0.1) is 5.69 Å². The number of carbonyl (C=O) groups excluding carboxylic acids is 1. The maximum Gasteiger partial charge on any atom is 0.289 e. The molecule has 1 saturated heterocycles. The van der Waals surface area contributed by atoms with Crippen LogP contribution in [0.25, 0.3) is 11.0 Å². The topological polar surface area (TPSA) is 131 Å². The number of rotatable bonds is 5. The highest BCUT2D eigenvalue weighted by Crippen LogP contribution is 2.28. The minimum atomic E-state index is -0.761. The molecule has 1 aliphatic heterocycles. The van der Waals surface area contributed by atoms with Gasteiger partial charge < -0.3 is 30.4 Å². The van der Waals surface area contributed by atoms with Gasteiger partial charge in [0.15, 0.2) is 5.52 Å². The summed E-state index contributed by atoms with van der Waals surface area (Å²) in [5.74, 6) is -0.508. The van der Waals surface area contributed by atoms with Crippen molar-refractivity contribution in [3.8, 4) is 0 Å². The number of nitrogens with one attached hydrogen (secondary N) is 2. The number of nitrogens with zero attached hydrogens (tertiary/aromatic N) is 4. The second-order valence-corrected chi connectivity index (χ2v) is 7.17. The molecule has 0 bridgehead atoms. The number of amides is 1. The molecule has 0 spiro atoms. The molecule has 0 atom stereocenters. The third kappa shape index (κ3) is 3.54. The number of hydrogen-bond donors (Lipinski definition) is 3. The molecular weight excluding hydrogens is 374 g/mol. The third-order valence-corrected chi connectivity index (χ3v) is 5.25. The minimum Gasteiger partial charge on any atom is -0.386 e. The Morgan fingerprint density at radius 3 is 2.72 bits per heavy atom. The molecule has 0 aromatic carbocycles. The van der Waals surface area contributed by atoms with E-state index in [1.54, 1.807) is 23.7 Å². The summed E-state index contributed by atoms with van der Waals surface area (Å²) in [7, 11) is 3.80. The zero-order valence-corrected chi connectivity index (χ0v) is 16.3. The van der Waals surface area contributed by atoms with Crippen LogP contribution in [0.3, 0.4) is 0 Å². The first-order valence-electron chi connectivity index (χ1n) is 9.42. The molecule has 4 heterocycles. The molecule has 152 valence electrons. The van der Waals surface area contributed by atoms with E-state index >= 15 is 0 Å². The largest absolute Gasteiger partial charge is 0.386 e. The Morgan fingerprint density at radius 1 is 1.28 bits per heavy atom. The lowest BCUT2D eigenvalue weighted by Gasteiger charge is -2.30. The van der Waals surface area contributed by atoms with E-state index in [0.717, 1.165) is 25.9 Å². The quantitative estimate of drug-likeness (QED) is 0.591. The minimum absolute atomic E-state index is 0.115. The second kappa shape index (κ2) is 7.55.